The van der Waals surface area contributed by atoms with Crippen molar-refractivity contribution in [3.63, 3.8) is 0 Å². The molecule has 0 bridgehead atoms. The van der Waals surface area contributed by atoms with Gasteiger partial charge in [0.2, 0.25) is 16.0 Å². The van der Waals surface area contributed by atoms with Gasteiger partial charge in [0, 0.05) is 51.2 Å². The van der Waals surface area contributed by atoms with Gasteiger partial charge in [-0.3, -0.25) is 0 Å². The Balaban J connectivity index is 1.18. The fraction of sp³-hybridized carbons (Fsp3) is 0.320. The third-order valence-corrected chi connectivity index (χ3v) is 7.40. The van der Waals surface area contributed by atoms with Gasteiger partial charge in [-0.05, 0) is 42.5 Å². The summed E-state index contributed by atoms with van der Waals surface area (Å²) >= 11 is 0. The van der Waals surface area contributed by atoms with Crippen molar-refractivity contribution in [1.82, 2.24) is 14.9 Å². The van der Waals surface area contributed by atoms with Crippen LogP contribution in [0.15, 0.2) is 65.7 Å². The molecule has 12 nitrogen and oxygen atoms in total. The van der Waals surface area contributed by atoms with Gasteiger partial charge in [-0.15, -0.1) is 0 Å². The fourth-order valence-corrected chi connectivity index (χ4v) is 4.95. The molecule has 4 N–H and O–H groups in total. The first-order valence-corrected chi connectivity index (χ1v) is 13.9. The van der Waals surface area contributed by atoms with Crippen LogP contribution in [0, 0.1) is 0 Å². The van der Waals surface area contributed by atoms with E-state index in [2.05, 4.69) is 31.5 Å². The molecule has 3 aromatic rings. The molecule has 13 heteroatoms. The van der Waals surface area contributed by atoms with Gasteiger partial charge in [0.25, 0.3) is 0 Å². The molecular weight excluding hydrogens is 508 g/mol. The van der Waals surface area contributed by atoms with Crippen molar-refractivity contribution in [2.24, 2.45) is 5.14 Å². The molecular formula is C25H30N8O4S. The number of carbonyl (C=O) groups is 1. The molecule has 2 saturated heterocycles. The van der Waals surface area contributed by atoms with E-state index in [0.717, 1.165) is 30.3 Å². The van der Waals surface area contributed by atoms with Crippen LogP contribution in [0.1, 0.15) is 0 Å². The number of benzene rings is 2. The summed E-state index contributed by atoms with van der Waals surface area (Å²) in [6.07, 6.45) is 1.73. The molecule has 3 heterocycles. The number of hydrogen-bond donors (Lipinski definition) is 3. The number of para-hydroxylation sites is 2. The van der Waals surface area contributed by atoms with Gasteiger partial charge in [-0.25, -0.2) is 23.3 Å². The van der Waals surface area contributed by atoms with Gasteiger partial charge < -0.3 is 30.1 Å². The van der Waals surface area contributed by atoms with Crippen LogP contribution in [-0.4, -0.2) is 81.8 Å². The molecule has 38 heavy (non-hydrogen) atoms. The monoisotopic (exact) mass is 538 g/mol. The Hall–Kier alpha value is -3.94. The summed E-state index contributed by atoms with van der Waals surface area (Å²) in [5.74, 6) is 1.29. The predicted octanol–water partition coefficient (Wildman–Crippen LogP) is 2.06. The number of aromatic nitrogens is 2. The van der Waals surface area contributed by atoms with E-state index in [1.807, 2.05) is 24.3 Å². The van der Waals surface area contributed by atoms with Crippen LogP contribution >= 0.6 is 0 Å². The average molecular weight is 539 g/mol. The Kier molecular flexibility index (Phi) is 7.58. The normalized spacial score (nSPS) is 16.3. The lowest BCUT2D eigenvalue weighted by Gasteiger charge is -2.35. The molecule has 200 valence electrons. The van der Waals surface area contributed by atoms with E-state index in [9.17, 15) is 13.2 Å². The van der Waals surface area contributed by atoms with E-state index in [-0.39, 0.29) is 10.9 Å². The Morgan fingerprint density at radius 1 is 0.895 bits per heavy atom. The largest absolute Gasteiger partial charge is 0.378 e. The predicted molar refractivity (Wildman–Crippen MR) is 145 cm³/mol. The molecule has 2 amide bonds. The van der Waals surface area contributed by atoms with Crippen LogP contribution in [0.25, 0.3) is 0 Å². The zero-order chi connectivity index (χ0) is 26.5. The zero-order valence-corrected chi connectivity index (χ0v) is 21.6. The van der Waals surface area contributed by atoms with Gasteiger partial charge >= 0.3 is 6.03 Å². The standard InChI is InChI=1S/C25H30N8O4S/c26-38(35,36)20-7-5-19(6-8-20)28-25(34)33-13-11-32(12-14-33)23-9-10-27-24(30-23)29-21-3-1-2-4-22(21)31-15-17-37-18-16-31/h1-10H,11-18H2,(H,28,34)(H2,26,35,36)(H,27,29,30). The quantitative estimate of drug-likeness (QED) is 0.429. The van der Waals surface area contributed by atoms with Crippen molar-refractivity contribution in [2.45, 2.75) is 4.90 Å². The summed E-state index contributed by atoms with van der Waals surface area (Å²) in [5.41, 5.74) is 2.52. The number of nitrogens with one attached hydrogen (secondary N) is 2. The second kappa shape index (κ2) is 11.2. The number of piperazine rings is 1. The van der Waals surface area contributed by atoms with Gasteiger partial charge in [-0.1, -0.05) is 12.1 Å². The van der Waals surface area contributed by atoms with Crippen LogP contribution < -0.4 is 25.6 Å². The molecule has 1 aromatic heterocycles. The number of ether oxygens (including phenoxy) is 1. The lowest BCUT2D eigenvalue weighted by molar-refractivity contribution is 0.123. The smallest absolute Gasteiger partial charge is 0.321 e. The van der Waals surface area contributed by atoms with E-state index in [4.69, 9.17) is 14.9 Å². The molecule has 0 unspecified atom stereocenters. The van der Waals surface area contributed by atoms with Crippen LogP contribution in [-0.2, 0) is 14.8 Å². The van der Waals surface area contributed by atoms with Gasteiger partial charge in [0.05, 0.1) is 29.5 Å². The Bertz CT molecular complexity index is 1370. The highest BCUT2D eigenvalue weighted by atomic mass is 32.2. The number of hydrogen-bond acceptors (Lipinski definition) is 9. The first-order chi connectivity index (χ1) is 18.4. The van der Waals surface area contributed by atoms with E-state index in [0.29, 0.717) is 51.0 Å². The summed E-state index contributed by atoms with van der Waals surface area (Å²) in [4.78, 5) is 28.0. The number of rotatable bonds is 6. The number of anilines is 5. The van der Waals surface area contributed by atoms with Crippen molar-refractivity contribution in [3.05, 3.63) is 60.8 Å². The Morgan fingerprint density at radius 2 is 1.61 bits per heavy atom. The molecule has 0 atom stereocenters. The fourth-order valence-electron chi connectivity index (χ4n) is 4.43. The number of urea groups is 1. The molecule has 2 aliphatic heterocycles. The zero-order valence-electron chi connectivity index (χ0n) is 20.8. The maximum atomic E-state index is 12.7. The first kappa shape index (κ1) is 25.7. The maximum absolute atomic E-state index is 12.7. The maximum Gasteiger partial charge on any atom is 0.321 e. The van der Waals surface area contributed by atoms with Crippen LogP contribution in [0.4, 0.5) is 33.6 Å². The Labute approximate surface area is 221 Å². The second-order valence-corrected chi connectivity index (χ2v) is 10.5. The van der Waals surface area contributed by atoms with Crippen molar-refractivity contribution in [2.75, 3.05) is 72.9 Å². The number of nitrogens with two attached hydrogens (primary N) is 1. The number of sulfonamides is 1. The third kappa shape index (κ3) is 6.13. The summed E-state index contributed by atoms with van der Waals surface area (Å²) < 4.78 is 28.3. The van der Waals surface area contributed by atoms with Gasteiger partial charge in [0.1, 0.15) is 5.82 Å². The minimum absolute atomic E-state index is 0.00703. The summed E-state index contributed by atoms with van der Waals surface area (Å²) in [6, 6.07) is 15.5. The second-order valence-electron chi connectivity index (χ2n) is 8.95. The van der Waals surface area contributed by atoms with E-state index < -0.39 is 10.0 Å². The van der Waals surface area contributed by atoms with Crippen molar-refractivity contribution >= 4 is 44.9 Å². The highest BCUT2D eigenvalue weighted by Crippen LogP contribution is 2.29. The number of amides is 2. The average Bonchev–Trinajstić information content (AvgIpc) is 2.94. The molecule has 0 spiro atoms. The van der Waals surface area contributed by atoms with Crippen LogP contribution in [0.5, 0.6) is 0 Å². The van der Waals surface area contributed by atoms with E-state index >= 15 is 0 Å². The van der Waals surface area contributed by atoms with E-state index in [1.54, 1.807) is 11.1 Å². The molecule has 0 aliphatic carbocycles. The minimum Gasteiger partial charge on any atom is -0.378 e. The minimum atomic E-state index is -3.78. The lowest BCUT2D eigenvalue weighted by Crippen LogP contribution is -2.50. The SMILES string of the molecule is NS(=O)(=O)c1ccc(NC(=O)N2CCN(c3ccnc(Nc4ccccc4N4CCOCC4)n3)CC2)cc1. The van der Waals surface area contributed by atoms with Crippen molar-refractivity contribution in [3.8, 4) is 0 Å². The third-order valence-electron chi connectivity index (χ3n) is 6.47. The summed E-state index contributed by atoms with van der Waals surface area (Å²) in [6.45, 7) is 5.31. The van der Waals surface area contributed by atoms with Crippen LogP contribution in [0.2, 0.25) is 0 Å². The van der Waals surface area contributed by atoms with Gasteiger partial charge in [0.15, 0.2) is 0 Å². The topological polar surface area (TPSA) is 146 Å². The van der Waals surface area contributed by atoms with Crippen molar-refractivity contribution in [1.29, 1.82) is 0 Å². The highest BCUT2D eigenvalue weighted by molar-refractivity contribution is 7.89. The van der Waals surface area contributed by atoms with Gasteiger partial charge in [-0.2, -0.15) is 4.98 Å². The molecule has 2 aromatic carbocycles. The summed E-state index contributed by atoms with van der Waals surface area (Å²) in [7, 11) is -3.78. The number of morpholine rings is 1. The molecule has 5 rings (SSSR count). The molecule has 2 fully saturated rings. The number of primary sulfonamides is 1. The number of nitrogens with zero attached hydrogens (tertiary/aromatic N) is 5. The van der Waals surface area contributed by atoms with Crippen LogP contribution in [0.3, 0.4) is 0 Å². The molecule has 0 radical (unpaired) electrons. The highest BCUT2D eigenvalue weighted by Gasteiger charge is 2.23. The first-order valence-electron chi connectivity index (χ1n) is 12.3. The number of carbonyl (C=O) groups excluding carboxylic acids is 1. The lowest BCUT2D eigenvalue weighted by atomic mass is 10.2. The molecule has 0 saturated carbocycles. The molecule has 2 aliphatic rings. The Morgan fingerprint density at radius 3 is 2.32 bits per heavy atom. The van der Waals surface area contributed by atoms with E-state index in [1.165, 1.54) is 24.3 Å². The summed E-state index contributed by atoms with van der Waals surface area (Å²) in [5, 5.41) is 11.3. The van der Waals surface area contributed by atoms with Crippen molar-refractivity contribution < 1.29 is 17.9 Å².